The van der Waals surface area contributed by atoms with Crippen molar-refractivity contribution in [3.63, 3.8) is 0 Å². The maximum Gasteiger partial charge on any atom is 0.227 e. The Morgan fingerprint density at radius 3 is 1.72 bits per heavy atom. The second-order valence-corrected chi connectivity index (χ2v) is 14.5. The van der Waals surface area contributed by atoms with Gasteiger partial charge in [-0.25, -0.2) is 9.97 Å². The van der Waals surface area contributed by atoms with Crippen LogP contribution < -0.4 is 0 Å². The van der Waals surface area contributed by atoms with Gasteiger partial charge in [0.25, 0.3) is 0 Å². The van der Waals surface area contributed by atoms with Crippen LogP contribution in [-0.2, 0) is 0 Å². The van der Waals surface area contributed by atoms with Crippen molar-refractivity contribution < 1.29 is 4.42 Å². The van der Waals surface area contributed by atoms with E-state index in [1.54, 1.807) is 0 Å². The molecule has 266 valence electrons. The summed E-state index contributed by atoms with van der Waals surface area (Å²) in [6.45, 7) is 0. The molecule has 11 aromatic rings. The highest BCUT2D eigenvalue weighted by Gasteiger charge is 2.20. The monoisotopic (exact) mass is 726 g/mol. The van der Waals surface area contributed by atoms with Gasteiger partial charge in [0.15, 0.2) is 5.58 Å². The molecule has 2 heterocycles. The van der Waals surface area contributed by atoms with Crippen LogP contribution in [0.4, 0.5) is 0 Å². The average Bonchev–Trinajstić information content (AvgIpc) is 3.73. The van der Waals surface area contributed by atoms with E-state index >= 15 is 0 Å². The van der Waals surface area contributed by atoms with Gasteiger partial charge in [0.1, 0.15) is 5.52 Å². The molecule has 0 unspecified atom stereocenters. The summed E-state index contributed by atoms with van der Waals surface area (Å²) >= 11 is 0. The molecule has 0 spiro atoms. The van der Waals surface area contributed by atoms with Gasteiger partial charge >= 0.3 is 0 Å². The number of para-hydroxylation sites is 1. The third kappa shape index (κ3) is 5.68. The predicted octanol–water partition coefficient (Wildman–Crippen LogP) is 14.7. The molecule has 0 radical (unpaired) electrons. The van der Waals surface area contributed by atoms with Crippen LogP contribution in [0.1, 0.15) is 0 Å². The van der Waals surface area contributed by atoms with Gasteiger partial charge in [-0.2, -0.15) is 0 Å². The Morgan fingerprint density at radius 1 is 0.333 bits per heavy atom. The fourth-order valence-electron chi connectivity index (χ4n) is 8.42. The van der Waals surface area contributed by atoms with Crippen molar-refractivity contribution in [3.05, 3.63) is 206 Å². The van der Waals surface area contributed by atoms with Crippen LogP contribution in [0, 0.1) is 0 Å². The number of aromatic nitrogens is 2. The average molecular weight is 727 g/mol. The lowest BCUT2D eigenvalue weighted by atomic mass is 9.86. The third-order valence-electron chi connectivity index (χ3n) is 11.1. The van der Waals surface area contributed by atoms with Crippen molar-refractivity contribution in [1.29, 1.82) is 0 Å². The summed E-state index contributed by atoms with van der Waals surface area (Å²) in [5.41, 5.74) is 13.5. The molecule has 0 amide bonds. The van der Waals surface area contributed by atoms with E-state index in [0.29, 0.717) is 5.89 Å². The number of oxazole rings is 1. The van der Waals surface area contributed by atoms with Crippen LogP contribution in [0.3, 0.4) is 0 Å². The molecule has 3 nitrogen and oxygen atoms in total. The summed E-state index contributed by atoms with van der Waals surface area (Å²) in [4.78, 5) is 10.4. The van der Waals surface area contributed by atoms with Crippen LogP contribution >= 0.6 is 0 Å². The number of benzene rings is 9. The zero-order valence-corrected chi connectivity index (χ0v) is 30.9. The maximum absolute atomic E-state index is 6.51. The van der Waals surface area contributed by atoms with E-state index in [0.717, 1.165) is 83.2 Å². The Morgan fingerprint density at radius 2 is 0.912 bits per heavy atom. The minimum Gasteiger partial charge on any atom is -0.436 e. The molecule has 57 heavy (non-hydrogen) atoms. The number of pyridine rings is 1. The molecule has 0 saturated heterocycles. The van der Waals surface area contributed by atoms with Crippen LogP contribution in [0.5, 0.6) is 0 Å². The molecular weight excluding hydrogens is 693 g/mol. The fourth-order valence-corrected chi connectivity index (χ4v) is 8.42. The Labute approximate surface area is 330 Å². The molecule has 0 aliphatic rings. The smallest absolute Gasteiger partial charge is 0.227 e. The van der Waals surface area contributed by atoms with E-state index in [9.17, 15) is 0 Å². The molecule has 0 aliphatic heterocycles. The lowest BCUT2D eigenvalue weighted by molar-refractivity contribution is 0.620. The van der Waals surface area contributed by atoms with E-state index in [4.69, 9.17) is 14.4 Å². The second-order valence-electron chi connectivity index (χ2n) is 14.5. The SMILES string of the molecule is c1ccc(-c2cc3ccccc3c(-c3ccc(-c4c(-c5ccccc5-c5cccc6oc(-c7cccc8ccccc78)nc56)ccc5ccccc45)cc3)n2)cc1. The predicted molar refractivity (Wildman–Crippen MR) is 237 cm³/mol. The van der Waals surface area contributed by atoms with Gasteiger partial charge in [0.05, 0.1) is 11.4 Å². The van der Waals surface area contributed by atoms with Crippen molar-refractivity contribution in [2.45, 2.75) is 0 Å². The largest absolute Gasteiger partial charge is 0.436 e. The van der Waals surface area contributed by atoms with Gasteiger partial charge < -0.3 is 4.42 Å². The normalized spacial score (nSPS) is 11.5. The minimum absolute atomic E-state index is 0.620. The highest BCUT2D eigenvalue weighted by molar-refractivity contribution is 6.08. The molecule has 11 rings (SSSR count). The van der Waals surface area contributed by atoms with Crippen LogP contribution in [0.2, 0.25) is 0 Å². The van der Waals surface area contributed by atoms with Crippen molar-refractivity contribution in [2.75, 3.05) is 0 Å². The Hall–Kier alpha value is -7.62. The molecule has 0 atom stereocenters. The highest BCUT2D eigenvalue weighted by atomic mass is 16.3. The lowest BCUT2D eigenvalue weighted by Crippen LogP contribution is -1.93. The topological polar surface area (TPSA) is 38.9 Å². The van der Waals surface area contributed by atoms with E-state index in [1.165, 1.54) is 21.7 Å². The van der Waals surface area contributed by atoms with E-state index in [2.05, 4.69) is 194 Å². The number of hydrogen-bond acceptors (Lipinski definition) is 3. The summed E-state index contributed by atoms with van der Waals surface area (Å²) in [5.74, 6) is 0.620. The molecule has 9 aromatic carbocycles. The van der Waals surface area contributed by atoms with E-state index in [1.807, 2.05) is 12.1 Å². The number of nitrogens with zero attached hydrogens (tertiary/aromatic N) is 2. The third-order valence-corrected chi connectivity index (χ3v) is 11.1. The van der Waals surface area contributed by atoms with Gasteiger partial charge in [-0.05, 0) is 72.9 Å². The molecule has 0 saturated carbocycles. The number of hydrogen-bond donors (Lipinski definition) is 0. The molecule has 0 bridgehead atoms. The summed E-state index contributed by atoms with van der Waals surface area (Å²) in [6, 6.07) is 72.8. The molecular formula is C54H34N2O. The Balaban J connectivity index is 1.06. The molecule has 2 aromatic heterocycles. The summed E-state index contributed by atoms with van der Waals surface area (Å²) < 4.78 is 6.51. The van der Waals surface area contributed by atoms with Crippen LogP contribution in [0.25, 0.3) is 111 Å². The lowest BCUT2D eigenvalue weighted by Gasteiger charge is -2.18. The van der Waals surface area contributed by atoms with Gasteiger partial charge in [-0.15, -0.1) is 0 Å². The standard InChI is InChI=1S/C54H34N2O/c1-2-16-37(17-3-1)49-34-40-18-6-9-22-43(40)52(55-49)39-30-28-38(29-31-39)51-42-21-8-5-15-36(42)32-33-46(51)44-23-10-11-24-45(44)47-25-13-27-50-53(47)56-54(57-50)48-26-12-19-35-14-4-7-20-41(35)48/h1-34H. The van der Waals surface area contributed by atoms with Crippen molar-refractivity contribution in [1.82, 2.24) is 9.97 Å². The van der Waals surface area contributed by atoms with Gasteiger partial charge in [-0.3, -0.25) is 0 Å². The molecule has 0 aliphatic carbocycles. The second kappa shape index (κ2) is 13.6. The van der Waals surface area contributed by atoms with Crippen molar-refractivity contribution >= 4 is 43.4 Å². The Bertz CT molecular complexity index is 3280. The first-order valence-electron chi connectivity index (χ1n) is 19.3. The van der Waals surface area contributed by atoms with E-state index in [-0.39, 0.29) is 0 Å². The number of rotatable bonds is 6. The first-order valence-corrected chi connectivity index (χ1v) is 19.3. The van der Waals surface area contributed by atoms with Crippen molar-refractivity contribution in [3.8, 4) is 67.3 Å². The summed E-state index contributed by atoms with van der Waals surface area (Å²) in [5, 5.41) is 6.97. The maximum atomic E-state index is 6.51. The first-order chi connectivity index (χ1) is 28.3. The van der Waals surface area contributed by atoms with Gasteiger partial charge in [0, 0.05) is 27.6 Å². The zero-order valence-electron chi connectivity index (χ0n) is 30.9. The minimum atomic E-state index is 0.620. The van der Waals surface area contributed by atoms with E-state index < -0.39 is 0 Å². The van der Waals surface area contributed by atoms with Gasteiger partial charge in [0.2, 0.25) is 5.89 Å². The first kappa shape index (κ1) is 32.8. The number of fused-ring (bicyclic) bond motifs is 4. The van der Waals surface area contributed by atoms with Crippen LogP contribution in [0.15, 0.2) is 211 Å². The van der Waals surface area contributed by atoms with Gasteiger partial charge in [-0.1, -0.05) is 188 Å². The quantitative estimate of drug-likeness (QED) is 0.171. The zero-order chi connectivity index (χ0) is 37.7. The molecule has 0 N–H and O–H groups in total. The fraction of sp³-hybridized carbons (Fsp3) is 0. The molecule has 3 heteroatoms. The summed E-state index contributed by atoms with van der Waals surface area (Å²) in [6.07, 6.45) is 0. The Kier molecular flexibility index (Phi) is 7.82. The highest BCUT2D eigenvalue weighted by Crippen LogP contribution is 2.44. The van der Waals surface area contributed by atoms with Crippen molar-refractivity contribution in [2.24, 2.45) is 0 Å². The van der Waals surface area contributed by atoms with Crippen LogP contribution in [-0.4, -0.2) is 9.97 Å². The summed E-state index contributed by atoms with van der Waals surface area (Å²) in [7, 11) is 0. The molecule has 0 fully saturated rings.